The largest absolute Gasteiger partial charge is 0.493 e. The van der Waals surface area contributed by atoms with E-state index in [2.05, 4.69) is 15.5 Å². The summed E-state index contributed by atoms with van der Waals surface area (Å²) < 4.78 is 12.3. The first-order valence-electron chi connectivity index (χ1n) is 18.0. The predicted molar refractivity (Wildman–Crippen MR) is 201 cm³/mol. The second-order valence-corrected chi connectivity index (χ2v) is 13.1. The molecule has 2 aliphatic heterocycles. The molecular weight excluding hydrogens is 628 g/mol. The average Bonchev–Trinajstić information content (AvgIpc) is 3.12. The fraction of sp³-hybridized carbons (Fsp3) is 0.425. The van der Waals surface area contributed by atoms with Gasteiger partial charge in [-0.05, 0) is 101 Å². The van der Waals surface area contributed by atoms with Gasteiger partial charge in [-0.3, -0.25) is 9.69 Å². The van der Waals surface area contributed by atoms with Crippen molar-refractivity contribution in [3.63, 3.8) is 0 Å². The number of nitrogens with zero attached hydrogens (tertiary/aromatic N) is 4. The summed E-state index contributed by atoms with van der Waals surface area (Å²) in [6.07, 6.45) is 8.23. The first-order valence-corrected chi connectivity index (χ1v) is 18.0. The number of ether oxygens (including phenoxy) is 2. The second-order valence-electron chi connectivity index (χ2n) is 13.1. The molecule has 0 bridgehead atoms. The van der Waals surface area contributed by atoms with Gasteiger partial charge in [-0.15, -0.1) is 0 Å². The molecule has 0 radical (unpaired) electrons. The molecule has 0 spiro atoms. The minimum atomic E-state index is -0.653. The Morgan fingerprint density at radius 1 is 0.960 bits per heavy atom. The SMILES string of the molecule is CCC(C)NC(=O)CCN1C(Nc2cccc(OCCCN3CCCCC3)c2)=NC=CC1N(C(=O)Oc1c(C)cccc1C)c1ccccc1. The van der Waals surface area contributed by atoms with Crippen LogP contribution in [0.15, 0.2) is 90.1 Å². The number of guanidine groups is 1. The number of anilines is 2. The summed E-state index contributed by atoms with van der Waals surface area (Å²) in [5.41, 5.74) is 3.15. The highest BCUT2D eigenvalue weighted by molar-refractivity contribution is 5.98. The summed E-state index contributed by atoms with van der Waals surface area (Å²) in [6.45, 7) is 12.2. The Kier molecular flexibility index (Phi) is 13.3. The Morgan fingerprint density at radius 2 is 1.70 bits per heavy atom. The third-order valence-electron chi connectivity index (χ3n) is 9.17. The van der Waals surface area contributed by atoms with Gasteiger partial charge in [0.25, 0.3) is 0 Å². The van der Waals surface area contributed by atoms with Gasteiger partial charge < -0.3 is 29.9 Å². The van der Waals surface area contributed by atoms with Crippen LogP contribution in [0.4, 0.5) is 16.2 Å². The number of aryl methyl sites for hydroxylation is 2. The zero-order valence-corrected chi connectivity index (χ0v) is 29.9. The van der Waals surface area contributed by atoms with E-state index in [1.54, 1.807) is 11.1 Å². The minimum Gasteiger partial charge on any atom is -0.493 e. The lowest BCUT2D eigenvalue weighted by molar-refractivity contribution is -0.121. The van der Waals surface area contributed by atoms with Crippen molar-refractivity contribution in [1.29, 1.82) is 0 Å². The third-order valence-corrected chi connectivity index (χ3v) is 9.17. The van der Waals surface area contributed by atoms with Gasteiger partial charge in [0.1, 0.15) is 17.7 Å². The Balaban J connectivity index is 1.37. The predicted octanol–water partition coefficient (Wildman–Crippen LogP) is 7.49. The number of piperidine rings is 1. The fourth-order valence-corrected chi connectivity index (χ4v) is 6.24. The van der Waals surface area contributed by atoms with Crippen LogP contribution in [0.5, 0.6) is 11.5 Å². The van der Waals surface area contributed by atoms with Crippen molar-refractivity contribution in [1.82, 2.24) is 15.1 Å². The van der Waals surface area contributed by atoms with E-state index in [0.29, 0.717) is 24.0 Å². The Hall–Kier alpha value is -4.83. The first-order chi connectivity index (χ1) is 24.3. The van der Waals surface area contributed by atoms with E-state index in [9.17, 15) is 9.59 Å². The normalized spacial score (nSPS) is 16.7. The number of aliphatic imine (C=N–C) groups is 1. The number of carbonyl (C=O) groups is 2. The van der Waals surface area contributed by atoms with Crippen LogP contribution in [0.1, 0.15) is 63.5 Å². The van der Waals surface area contributed by atoms with Gasteiger partial charge in [-0.25, -0.2) is 9.79 Å². The van der Waals surface area contributed by atoms with Crippen LogP contribution in [0.2, 0.25) is 0 Å². The van der Waals surface area contributed by atoms with Crippen molar-refractivity contribution in [2.24, 2.45) is 4.99 Å². The summed E-state index contributed by atoms with van der Waals surface area (Å²) in [7, 11) is 0. The first kappa shape index (κ1) is 36.5. The topological polar surface area (TPSA) is 98.7 Å². The van der Waals surface area contributed by atoms with Gasteiger partial charge in [0.15, 0.2) is 0 Å². The zero-order valence-electron chi connectivity index (χ0n) is 29.9. The standard InChI is InChI=1S/C40H52N6O4/c1-5-32(4)42-36(47)22-27-45-37(46(34-18-8-6-9-19-34)40(48)50-38-30(2)15-12-16-31(38)3)21-23-41-39(45)43-33-17-13-20-35(29-33)49-28-14-26-44-24-10-7-11-25-44/h6,8-9,12-13,15-21,23,29,32,37H,5,7,10-11,14,22,24-28H2,1-4H3,(H,41,43)(H,42,47). The summed E-state index contributed by atoms with van der Waals surface area (Å²) in [6, 6.07) is 23.1. The van der Waals surface area contributed by atoms with Gasteiger partial charge in [0, 0.05) is 49.2 Å². The van der Waals surface area contributed by atoms with Crippen LogP contribution >= 0.6 is 0 Å². The van der Waals surface area contributed by atoms with E-state index in [4.69, 9.17) is 14.5 Å². The Bertz CT molecular complexity index is 1600. The minimum absolute atomic E-state index is 0.0570. The van der Waals surface area contributed by atoms with Crippen molar-refractivity contribution in [2.45, 2.75) is 78.4 Å². The maximum atomic E-state index is 14.2. The summed E-state index contributed by atoms with van der Waals surface area (Å²) >= 11 is 0. The number of para-hydroxylation sites is 2. The molecule has 50 heavy (non-hydrogen) atoms. The van der Waals surface area contributed by atoms with Gasteiger partial charge in [0.2, 0.25) is 11.9 Å². The van der Waals surface area contributed by atoms with Crippen LogP contribution in [0.3, 0.4) is 0 Å². The summed E-state index contributed by atoms with van der Waals surface area (Å²) in [5.74, 6) is 1.71. The summed E-state index contributed by atoms with van der Waals surface area (Å²) in [4.78, 5) is 38.0. The molecule has 10 heteroatoms. The molecule has 3 aromatic carbocycles. The van der Waals surface area contributed by atoms with Gasteiger partial charge >= 0.3 is 6.09 Å². The van der Waals surface area contributed by atoms with E-state index in [1.165, 1.54) is 32.4 Å². The zero-order chi connectivity index (χ0) is 35.3. The molecule has 0 aliphatic carbocycles. The second kappa shape index (κ2) is 18.2. The van der Waals surface area contributed by atoms with Crippen molar-refractivity contribution >= 4 is 29.3 Å². The molecule has 2 heterocycles. The van der Waals surface area contributed by atoms with Crippen molar-refractivity contribution in [3.05, 3.63) is 96.2 Å². The maximum Gasteiger partial charge on any atom is 0.421 e. The van der Waals surface area contributed by atoms with Crippen molar-refractivity contribution in [2.75, 3.05) is 43.0 Å². The van der Waals surface area contributed by atoms with Crippen LogP contribution in [-0.4, -0.2) is 72.8 Å². The van der Waals surface area contributed by atoms with E-state index >= 15 is 0 Å². The fourth-order valence-electron chi connectivity index (χ4n) is 6.24. The highest BCUT2D eigenvalue weighted by Gasteiger charge is 2.34. The molecule has 1 saturated heterocycles. The molecule has 2 amide bonds. The van der Waals surface area contributed by atoms with Crippen LogP contribution in [-0.2, 0) is 4.79 Å². The highest BCUT2D eigenvalue weighted by atomic mass is 16.6. The molecule has 2 unspecified atom stereocenters. The number of rotatable bonds is 14. The molecule has 266 valence electrons. The number of carbonyl (C=O) groups excluding carboxylic acids is 2. The molecule has 10 nitrogen and oxygen atoms in total. The number of amides is 2. The maximum absolute atomic E-state index is 14.2. The number of hydrogen-bond acceptors (Lipinski definition) is 8. The molecule has 3 aromatic rings. The molecule has 0 saturated carbocycles. The lowest BCUT2D eigenvalue weighted by Gasteiger charge is -2.40. The van der Waals surface area contributed by atoms with E-state index < -0.39 is 12.3 Å². The van der Waals surface area contributed by atoms with Crippen molar-refractivity contribution in [3.8, 4) is 11.5 Å². The molecule has 2 aliphatic rings. The molecule has 2 atom stereocenters. The highest BCUT2D eigenvalue weighted by Crippen LogP contribution is 2.28. The van der Waals surface area contributed by atoms with E-state index in [1.807, 2.05) is 111 Å². The number of likely N-dealkylation sites (tertiary alicyclic amines) is 1. The van der Waals surface area contributed by atoms with Crippen LogP contribution in [0, 0.1) is 13.8 Å². The number of benzene rings is 3. The molecule has 0 aromatic heterocycles. The number of nitrogens with one attached hydrogen (secondary N) is 2. The van der Waals surface area contributed by atoms with E-state index in [0.717, 1.165) is 42.0 Å². The van der Waals surface area contributed by atoms with Crippen LogP contribution in [0.25, 0.3) is 0 Å². The van der Waals surface area contributed by atoms with Gasteiger partial charge in [-0.2, -0.15) is 0 Å². The van der Waals surface area contributed by atoms with Gasteiger partial charge in [0.05, 0.1) is 6.61 Å². The smallest absolute Gasteiger partial charge is 0.421 e. The van der Waals surface area contributed by atoms with Gasteiger partial charge in [-0.1, -0.05) is 55.8 Å². The Morgan fingerprint density at radius 3 is 2.44 bits per heavy atom. The average molecular weight is 681 g/mol. The summed E-state index contributed by atoms with van der Waals surface area (Å²) in [5, 5.41) is 6.52. The van der Waals surface area contributed by atoms with Crippen molar-refractivity contribution < 1.29 is 19.1 Å². The lowest BCUT2D eigenvalue weighted by atomic mass is 10.1. The lowest BCUT2D eigenvalue weighted by Crippen LogP contribution is -2.56. The number of hydrogen-bond donors (Lipinski definition) is 2. The third kappa shape index (κ3) is 10.1. The molecule has 5 rings (SSSR count). The molecule has 1 fully saturated rings. The molecular formula is C40H52N6O4. The van der Waals surface area contributed by atoms with E-state index in [-0.39, 0.29) is 24.9 Å². The Labute approximate surface area is 297 Å². The monoisotopic (exact) mass is 680 g/mol. The quantitative estimate of drug-likeness (QED) is 0.170. The van der Waals surface area contributed by atoms with Crippen LogP contribution < -0.4 is 25.0 Å². The molecule has 2 N–H and O–H groups in total.